The Bertz CT molecular complexity index is 1220. The molecular formula is C26H21ClFNO3. The minimum atomic E-state index is -0.324. The molecule has 0 aliphatic carbocycles. The molecule has 0 amide bonds. The van der Waals surface area contributed by atoms with Gasteiger partial charge in [-0.1, -0.05) is 35.9 Å². The molecule has 4 nitrogen and oxygen atoms in total. The van der Waals surface area contributed by atoms with Crippen LogP contribution in [0.1, 0.15) is 32.6 Å². The molecule has 0 saturated heterocycles. The number of ether oxygens (including phenoxy) is 2. The quantitative estimate of drug-likeness (QED) is 0.472. The van der Waals surface area contributed by atoms with Crippen molar-refractivity contribution < 1.29 is 18.7 Å². The van der Waals surface area contributed by atoms with E-state index in [1.807, 2.05) is 37.3 Å². The Morgan fingerprint density at radius 2 is 1.84 bits per heavy atom. The highest BCUT2D eigenvalue weighted by atomic mass is 35.5. The number of ketones is 1. The van der Waals surface area contributed by atoms with Crippen LogP contribution in [0.25, 0.3) is 6.08 Å². The number of nitrogens with zero attached hydrogens (tertiary/aromatic N) is 1. The summed E-state index contributed by atoms with van der Waals surface area (Å²) in [6.07, 6.45) is 2.52. The summed E-state index contributed by atoms with van der Waals surface area (Å²) in [4.78, 5) is 15.2. The van der Waals surface area contributed by atoms with Gasteiger partial charge in [-0.15, -0.1) is 0 Å². The van der Waals surface area contributed by atoms with E-state index in [9.17, 15) is 9.18 Å². The number of fused-ring (bicyclic) bond motifs is 2. The van der Waals surface area contributed by atoms with Crippen LogP contribution in [0.5, 0.6) is 11.5 Å². The molecular weight excluding hydrogens is 429 g/mol. The topological polar surface area (TPSA) is 38.8 Å². The lowest BCUT2D eigenvalue weighted by atomic mass is 10.00. The van der Waals surface area contributed by atoms with Crippen molar-refractivity contribution in [2.24, 2.45) is 0 Å². The molecule has 0 atom stereocenters. The van der Waals surface area contributed by atoms with E-state index in [2.05, 4.69) is 4.90 Å². The summed E-state index contributed by atoms with van der Waals surface area (Å²) in [5, 5.41) is 0.730. The lowest BCUT2D eigenvalue weighted by Crippen LogP contribution is -2.34. The lowest BCUT2D eigenvalue weighted by Gasteiger charge is -2.30. The Labute approximate surface area is 190 Å². The monoisotopic (exact) mass is 449 g/mol. The first-order valence-corrected chi connectivity index (χ1v) is 10.8. The fourth-order valence-corrected chi connectivity index (χ4v) is 4.21. The third kappa shape index (κ3) is 4.01. The summed E-state index contributed by atoms with van der Waals surface area (Å²) in [7, 11) is 0. The number of hydrogen-bond acceptors (Lipinski definition) is 4. The zero-order valence-corrected chi connectivity index (χ0v) is 18.3. The van der Waals surface area contributed by atoms with Crippen LogP contribution >= 0.6 is 11.6 Å². The number of benzene rings is 3. The summed E-state index contributed by atoms with van der Waals surface area (Å²) >= 11 is 5.96. The maximum absolute atomic E-state index is 13.2. The largest absolute Gasteiger partial charge is 0.477 e. The maximum Gasteiger partial charge on any atom is 0.231 e. The molecule has 3 aromatic rings. The first-order chi connectivity index (χ1) is 15.5. The lowest BCUT2D eigenvalue weighted by molar-refractivity contribution is 0.0954. The fraction of sp³-hybridized carbons (Fsp3) is 0.192. The van der Waals surface area contributed by atoms with E-state index in [1.165, 1.54) is 17.7 Å². The number of allylic oxidation sites excluding steroid dienone is 1. The second kappa shape index (κ2) is 8.41. The SMILES string of the molecule is Cc1c2c(cc3c1O/C(=C\c1ccc(F)cc1)C3=O)CN(CCc1ccc(Cl)cc1)CO2. The number of carbonyl (C=O) groups is 1. The van der Waals surface area contributed by atoms with Gasteiger partial charge in [-0.2, -0.15) is 0 Å². The third-order valence-corrected chi connectivity index (χ3v) is 6.05. The van der Waals surface area contributed by atoms with Crippen LogP contribution < -0.4 is 9.47 Å². The zero-order chi connectivity index (χ0) is 22.2. The average Bonchev–Trinajstić information content (AvgIpc) is 3.10. The van der Waals surface area contributed by atoms with Gasteiger partial charge in [0.2, 0.25) is 5.78 Å². The van der Waals surface area contributed by atoms with Crippen molar-refractivity contribution in [2.75, 3.05) is 13.3 Å². The molecule has 6 heteroatoms. The van der Waals surface area contributed by atoms with Crippen LogP contribution in [-0.4, -0.2) is 24.0 Å². The highest BCUT2D eigenvalue weighted by Gasteiger charge is 2.33. The first-order valence-electron chi connectivity index (χ1n) is 10.4. The Morgan fingerprint density at radius 1 is 1.09 bits per heavy atom. The predicted molar refractivity (Wildman–Crippen MR) is 122 cm³/mol. The summed E-state index contributed by atoms with van der Waals surface area (Å²) in [5.74, 6) is 1.06. The molecule has 2 heterocycles. The zero-order valence-electron chi connectivity index (χ0n) is 17.5. The van der Waals surface area contributed by atoms with Crippen molar-refractivity contribution in [3.8, 4) is 11.5 Å². The van der Waals surface area contributed by atoms with Crippen LogP contribution in [0, 0.1) is 12.7 Å². The maximum atomic E-state index is 13.2. The molecule has 32 heavy (non-hydrogen) atoms. The molecule has 0 spiro atoms. The number of rotatable bonds is 4. The van der Waals surface area contributed by atoms with Crippen LogP contribution in [0.4, 0.5) is 4.39 Å². The van der Waals surface area contributed by atoms with Gasteiger partial charge in [-0.3, -0.25) is 9.69 Å². The van der Waals surface area contributed by atoms with Gasteiger partial charge in [0.25, 0.3) is 0 Å². The van der Waals surface area contributed by atoms with Gasteiger partial charge in [0, 0.05) is 29.2 Å². The Kier molecular flexibility index (Phi) is 5.45. The summed E-state index contributed by atoms with van der Waals surface area (Å²) in [5.41, 5.74) is 4.26. The average molecular weight is 450 g/mol. The van der Waals surface area contributed by atoms with E-state index in [1.54, 1.807) is 18.2 Å². The Morgan fingerprint density at radius 3 is 2.59 bits per heavy atom. The molecule has 162 valence electrons. The van der Waals surface area contributed by atoms with E-state index in [4.69, 9.17) is 21.1 Å². The summed E-state index contributed by atoms with van der Waals surface area (Å²) < 4.78 is 25.1. The van der Waals surface area contributed by atoms with Crippen LogP contribution in [0.15, 0.2) is 60.4 Å². The van der Waals surface area contributed by atoms with Gasteiger partial charge in [0.05, 0.1) is 5.56 Å². The van der Waals surface area contributed by atoms with Gasteiger partial charge >= 0.3 is 0 Å². The number of carbonyl (C=O) groups excluding carboxylic acids is 1. The van der Waals surface area contributed by atoms with Crippen molar-refractivity contribution in [1.82, 2.24) is 4.90 Å². The molecule has 0 unspecified atom stereocenters. The highest BCUT2D eigenvalue weighted by Crippen LogP contribution is 2.43. The highest BCUT2D eigenvalue weighted by molar-refractivity contribution is 6.30. The molecule has 0 fully saturated rings. The number of hydrogen-bond donors (Lipinski definition) is 0. The molecule has 2 aliphatic heterocycles. The summed E-state index contributed by atoms with van der Waals surface area (Å²) in [6, 6.07) is 15.7. The van der Waals surface area contributed by atoms with Gasteiger partial charge in [0.15, 0.2) is 5.76 Å². The molecule has 3 aromatic carbocycles. The molecule has 0 saturated carbocycles. The van der Waals surface area contributed by atoms with Crippen LogP contribution in [0.3, 0.4) is 0 Å². The molecule has 5 rings (SSSR count). The van der Waals surface area contributed by atoms with Crippen molar-refractivity contribution >= 4 is 23.5 Å². The van der Waals surface area contributed by atoms with Crippen molar-refractivity contribution in [3.63, 3.8) is 0 Å². The van der Waals surface area contributed by atoms with Crippen molar-refractivity contribution in [2.45, 2.75) is 19.9 Å². The van der Waals surface area contributed by atoms with Crippen LogP contribution in [-0.2, 0) is 13.0 Å². The minimum absolute atomic E-state index is 0.173. The minimum Gasteiger partial charge on any atom is -0.477 e. The Hall–Kier alpha value is -3.15. The molecule has 0 N–H and O–H groups in total. The Balaban J connectivity index is 1.35. The van der Waals surface area contributed by atoms with E-state index >= 15 is 0 Å². The molecule has 0 aromatic heterocycles. The molecule has 0 radical (unpaired) electrons. The van der Waals surface area contributed by atoms with Gasteiger partial charge in [-0.05, 0) is 60.9 Å². The second-order valence-corrected chi connectivity index (χ2v) is 8.50. The van der Waals surface area contributed by atoms with Crippen LogP contribution in [0.2, 0.25) is 5.02 Å². The smallest absolute Gasteiger partial charge is 0.231 e. The predicted octanol–water partition coefficient (Wildman–Crippen LogP) is 5.80. The second-order valence-electron chi connectivity index (χ2n) is 8.06. The summed E-state index contributed by atoms with van der Waals surface area (Å²) in [6.45, 7) is 3.92. The number of Topliss-reactive ketones (excluding diaryl/α,β-unsaturated/α-hetero) is 1. The van der Waals surface area contributed by atoms with Crippen molar-refractivity contribution in [1.29, 1.82) is 0 Å². The van der Waals surface area contributed by atoms with Gasteiger partial charge in [0.1, 0.15) is 24.0 Å². The standard InChI is InChI=1S/C26H21ClFNO3/c1-16-25-19(14-29(15-31-25)11-10-17-2-6-20(27)7-3-17)13-22-24(30)23(32-26(16)22)12-18-4-8-21(28)9-5-18/h2-9,12-13H,10-11,14-15H2,1H3/b23-12-. The third-order valence-electron chi connectivity index (χ3n) is 5.80. The van der Waals surface area contributed by atoms with Gasteiger partial charge < -0.3 is 9.47 Å². The molecule has 0 bridgehead atoms. The first kappa shape index (κ1) is 20.7. The number of halogens is 2. The van der Waals surface area contributed by atoms with E-state index in [-0.39, 0.29) is 17.4 Å². The fourth-order valence-electron chi connectivity index (χ4n) is 4.09. The normalized spacial score (nSPS) is 16.5. The van der Waals surface area contributed by atoms with E-state index in [0.29, 0.717) is 30.2 Å². The molecule has 2 aliphatic rings. The van der Waals surface area contributed by atoms with E-state index < -0.39 is 0 Å². The van der Waals surface area contributed by atoms with Gasteiger partial charge in [-0.25, -0.2) is 4.39 Å². The van der Waals surface area contributed by atoms with E-state index in [0.717, 1.165) is 34.9 Å². The van der Waals surface area contributed by atoms with Crippen molar-refractivity contribution in [3.05, 3.63) is 99.0 Å².